The lowest BCUT2D eigenvalue weighted by atomic mass is 10.1. The van der Waals surface area contributed by atoms with Crippen LogP contribution >= 0.6 is 0 Å². The first kappa shape index (κ1) is 25.8. The van der Waals surface area contributed by atoms with Gasteiger partial charge in [0, 0.05) is 76.6 Å². The molecule has 6 rings (SSSR count). The van der Waals surface area contributed by atoms with Crippen LogP contribution in [-0.2, 0) is 9.73 Å². The molecule has 2 fully saturated rings. The SMILES string of the molecule is CC[C@H]1CN(c2ccc(Nc3ncc4cc(C5CC5)n(-c5cccc(N=S(C)(C)=O)n5)c4n3)cc2)CCN1C. The Balaban J connectivity index is 1.29. The van der Waals surface area contributed by atoms with Gasteiger partial charge >= 0.3 is 0 Å². The maximum atomic E-state index is 12.3. The van der Waals surface area contributed by atoms with Gasteiger partial charge in [0.1, 0.15) is 5.82 Å². The summed E-state index contributed by atoms with van der Waals surface area (Å²) in [6.45, 7) is 5.43. The van der Waals surface area contributed by atoms with E-state index in [9.17, 15) is 4.21 Å². The van der Waals surface area contributed by atoms with Crippen molar-refractivity contribution in [2.75, 3.05) is 49.4 Å². The molecule has 0 radical (unpaired) electrons. The van der Waals surface area contributed by atoms with E-state index in [1.54, 1.807) is 18.6 Å². The lowest BCUT2D eigenvalue weighted by Gasteiger charge is -2.40. The summed E-state index contributed by atoms with van der Waals surface area (Å²) >= 11 is 0. The second-order valence-corrected chi connectivity index (χ2v) is 13.5. The maximum absolute atomic E-state index is 12.3. The zero-order chi connectivity index (χ0) is 27.1. The molecule has 10 heteroatoms. The van der Waals surface area contributed by atoms with Crippen LogP contribution in [0.2, 0.25) is 0 Å². The molecule has 1 atom stereocenters. The first-order valence-electron chi connectivity index (χ1n) is 13.6. The van der Waals surface area contributed by atoms with Crippen LogP contribution in [0.5, 0.6) is 0 Å². The number of nitrogens with zero attached hydrogens (tertiary/aromatic N) is 7. The standard InChI is InChI=1S/C29H36N8OS/c1-5-23-19-36(16-15-35(23)2)24-13-11-22(12-14-24)31-29-30-18-21-17-25(20-9-10-20)37(28(21)33-29)27-8-6-7-26(32-27)34-39(3,4)38/h6-8,11-14,17-18,20,23H,5,9-10,15-16,19H2,1-4H3,(H,30,31,33)/t23-/m0/s1. The summed E-state index contributed by atoms with van der Waals surface area (Å²) in [5.41, 5.74) is 4.16. The van der Waals surface area contributed by atoms with Crippen LogP contribution in [0.3, 0.4) is 0 Å². The van der Waals surface area contributed by atoms with Crippen molar-refractivity contribution < 1.29 is 4.21 Å². The third kappa shape index (κ3) is 5.62. The van der Waals surface area contributed by atoms with Crippen molar-refractivity contribution >= 4 is 43.9 Å². The molecule has 3 aromatic heterocycles. The average Bonchev–Trinajstić information content (AvgIpc) is 3.69. The number of benzene rings is 1. The molecule has 204 valence electrons. The van der Waals surface area contributed by atoms with Crippen LogP contribution in [0.15, 0.2) is 59.1 Å². The van der Waals surface area contributed by atoms with Gasteiger partial charge in [-0.2, -0.15) is 9.35 Å². The van der Waals surface area contributed by atoms with Crippen LogP contribution in [0.1, 0.15) is 37.8 Å². The molecule has 1 aromatic carbocycles. The van der Waals surface area contributed by atoms with Gasteiger partial charge in [0.2, 0.25) is 5.95 Å². The largest absolute Gasteiger partial charge is 0.369 e. The highest BCUT2D eigenvalue weighted by atomic mass is 32.2. The summed E-state index contributed by atoms with van der Waals surface area (Å²) in [5, 5.41) is 4.36. The van der Waals surface area contributed by atoms with Crippen molar-refractivity contribution in [3.63, 3.8) is 0 Å². The fourth-order valence-electron chi connectivity index (χ4n) is 5.31. The number of aromatic nitrogens is 4. The van der Waals surface area contributed by atoms with E-state index in [-0.39, 0.29) is 0 Å². The second kappa shape index (κ2) is 10.2. The van der Waals surface area contributed by atoms with Crippen molar-refractivity contribution in [2.45, 2.75) is 38.1 Å². The molecule has 1 saturated carbocycles. The Morgan fingerprint density at radius 1 is 1.08 bits per heavy atom. The summed E-state index contributed by atoms with van der Waals surface area (Å²) in [7, 11) is -0.0973. The number of likely N-dealkylation sites (N-methyl/N-ethyl adjacent to an activating group) is 1. The molecule has 1 N–H and O–H groups in total. The molecule has 1 saturated heterocycles. The topological polar surface area (TPSA) is 91.5 Å². The smallest absolute Gasteiger partial charge is 0.229 e. The highest BCUT2D eigenvalue weighted by Gasteiger charge is 2.29. The molecule has 0 amide bonds. The van der Waals surface area contributed by atoms with Gasteiger partial charge in [0.05, 0.1) is 0 Å². The molecule has 39 heavy (non-hydrogen) atoms. The number of piperazine rings is 1. The van der Waals surface area contributed by atoms with Gasteiger partial charge in [-0.15, -0.1) is 0 Å². The predicted octanol–water partition coefficient (Wildman–Crippen LogP) is 5.33. The second-order valence-electron chi connectivity index (χ2n) is 10.9. The molecule has 4 aromatic rings. The first-order chi connectivity index (χ1) is 18.8. The molecular weight excluding hydrogens is 508 g/mol. The Hall–Kier alpha value is -3.50. The number of fused-ring (bicyclic) bond motifs is 1. The minimum Gasteiger partial charge on any atom is -0.369 e. The van der Waals surface area contributed by atoms with E-state index >= 15 is 0 Å². The third-order valence-corrected chi connectivity index (χ3v) is 8.19. The molecule has 4 heterocycles. The quantitative estimate of drug-likeness (QED) is 0.336. The molecule has 0 bridgehead atoms. The van der Waals surface area contributed by atoms with E-state index in [2.05, 4.69) is 73.3 Å². The zero-order valence-electron chi connectivity index (χ0n) is 23.0. The van der Waals surface area contributed by atoms with Crippen LogP contribution in [0.4, 0.5) is 23.1 Å². The van der Waals surface area contributed by atoms with Crippen LogP contribution in [0.25, 0.3) is 16.9 Å². The number of nitrogens with one attached hydrogen (secondary N) is 1. The number of rotatable bonds is 7. The molecule has 1 aliphatic heterocycles. The van der Waals surface area contributed by atoms with Crippen molar-refractivity contribution in [3.05, 3.63) is 60.4 Å². The van der Waals surface area contributed by atoms with Gasteiger partial charge < -0.3 is 10.2 Å². The summed E-state index contributed by atoms with van der Waals surface area (Å²) in [5.74, 6) is 2.20. The third-order valence-electron chi connectivity index (χ3n) is 7.56. The van der Waals surface area contributed by atoms with Crippen LogP contribution in [-0.4, -0.2) is 73.9 Å². The summed E-state index contributed by atoms with van der Waals surface area (Å²) in [4.78, 5) is 19.2. The highest BCUT2D eigenvalue weighted by molar-refractivity contribution is 7.92. The van der Waals surface area contributed by atoms with E-state index < -0.39 is 9.73 Å². The minimum absolute atomic E-state index is 0.462. The summed E-state index contributed by atoms with van der Waals surface area (Å²) in [6, 6.07) is 16.9. The number of hydrogen-bond donors (Lipinski definition) is 1. The number of hydrogen-bond acceptors (Lipinski definition) is 8. The number of pyridine rings is 1. The van der Waals surface area contributed by atoms with Crippen molar-refractivity contribution in [1.82, 2.24) is 24.4 Å². The number of anilines is 3. The molecule has 0 spiro atoms. The fraction of sp³-hybridized carbons (Fsp3) is 0.414. The summed E-state index contributed by atoms with van der Waals surface area (Å²) < 4.78 is 18.7. The highest BCUT2D eigenvalue weighted by Crippen LogP contribution is 2.43. The van der Waals surface area contributed by atoms with Gasteiger partial charge in [-0.3, -0.25) is 9.47 Å². The van der Waals surface area contributed by atoms with Gasteiger partial charge in [-0.05, 0) is 74.7 Å². The molecular formula is C29H36N8OS. The van der Waals surface area contributed by atoms with E-state index in [0.29, 0.717) is 23.7 Å². The lowest BCUT2D eigenvalue weighted by molar-refractivity contribution is 0.213. The van der Waals surface area contributed by atoms with Gasteiger partial charge in [0.25, 0.3) is 0 Å². The van der Waals surface area contributed by atoms with E-state index in [0.717, 1.165) is 61.4 Å². The average molecular weight is 545 g/mol. The Morgan fingerprint density at radius 2 is 1.87 bits per heavy atom. The van der Waals surface area contributed by atoms with E-state index in [1.807, 2.05) is 18.3 Å². The Labute approximate surface area is 230 Å². The Kier molecular flexibility index (Phi) is 6.76. The van der Waals surface area contributed by atoms with Gasteiger partial charge in [-0.1, -0.05) is 13.0 Å². The van der Waals surface area contributed by atoms with Crippen molar-refractivity contribution in [1.29, 1.82) is 0 Å². The lowest BCUT2D eigenvalue weighted by Crippen LogP contribution is -2.51. The molecule has 1 aliphatic carbocycles. The van der Waals surface area contributed by atoms with E-state index in [1.165, 1.54) is 11.4 Å². The Bertz CT molecular complexity index is 1610. The molecule has 9 nitrogen and oxygen atoms in total. The minimum atomic E-state index is -2.32. The fourth-order valence-corrected chi connectivity index (χ4v) is 5.86. The molecule has 0 unspecified atom stereocenters. The van der Waals surface area contributed by atoms with Crippen molar-refractivity contribution in [2.24, 2.45) is 4.36 Å². The Morgan fingerprint density at radius 3 is 2.59 bits per heavy atom. The maximum Gasteiger partial charge on any atom is 0.229 e. The van der Waals surface area contributed by atoms with Gasteiger partial charge in [0.15, 0.2) is 11.5 Å². The van der Waals surface area contributed by atoms with Crippen LogP contribution < -0.4 is 10.2 Å². The first-order valence-corrected chi connectivity index (χ1v) is 16.0. The zero-order valence-corrected chi connectivity index (χ0v) is 23.9. The summed E-state index contributed by atoms with van der Waals surface area (Å²) in [6.07, 6.45) is 8.56. The van der Waals surface area contributed by atoms with Gasteiger partial charge in [-0.25, -0.2) is 14.2 Å². The monoisotopic (exact) mass is 544 g/mol. The van der Waals surface area contributed by atoms with E-state index in [4.69, 9.17) is 9.97 Å². The van der Waals surface area contributed by atoms with Crippen molar-refractivity contribution in [3.8, 4) is 5.82 Å². The van der Waals surface area contributed by atoms with Crippen LogP contribution in [0, 0.1) is 0 Å². The normalized spacial score (nSPS) is 18.5. The molecule has 2 aliphatic rings. The predicted molar refractivity (Wildman–Crippen MR) is 159 cm³/mol.